The van der Waals surface area contributed by atoms with Crippen molar-refractivity contribution in [3.63, 3.8) is 0 Å². The fourth-order valence-electron chi connectivity index (χ4n) is 2.92. The molecule has 0 aliphatic heterocycles. The van der Waals surface area contributed by atoms with Gasteiger partial charge in [0.15, 0.2) is 0 Å². The van der Waals surface area contributed by atoms with E-state index in [9.17, 15) is 4.79 Å². The van der Waals surface area contributed by atoms with Gasteiger partial charge in [0.1, 0.15) is 5.60 Å². The highest BCUT2D eigenvalue weighted by Crippen LogP contribution is 2.33. The normalized spacial score (nSPS) is 14.3. The largest absolute Gasteiger partial charge is 0.456 e. The number of hydrogen-bond donors (Lipinski definition) is 0. The van der Waals surface area contributed by atoms with E-state index in [0.29, 0.717) is 5.56 Å². The Morgan fingerprint density at radius 2 is 1.78 bits per heavy atom. The highest BCUT2D eigenvalue weighted by atomic mass is 16.6. The minimum atomic E-state index is -0.478. The molecule has 0 aromatic carbocycles. The van der Waals surface area contributed by atoms with Crippen LogP contribution in [-0.4, -0.2) is 16.6 Å². The van der Waals surface area contributed by atoms with Crippen molar-refractivity contribution in [2.45, 2.75) is 91.1 Å². The van der Waals surface area contributed by atoms with Crippen molar-refractivity contribution >= 4 is 5.97 Å². The third-order valence-corrected chi connectivity index (χ3v) is 4.15. The zero-order valence-corrected chi connectivity index (χ0v) is 15.7. The van der Waals surface area contributed by atoms with Crippen molar-refractivity contribution in [3.05, 3.63) is 29.6 Å². The van der Waals surface area contributed by atoms with Crippen LogP contribution in [0.4, 0.5) is 0 Å². The van der Waals surface area contributed by atoms with Gasteiger partial charge in [0.25, 0.3) is 0 Å². The van der Waals surface area contributed by atoms with Gasteiger partial charge in [0, 0.05) is 17.3 Å². The van der Waals surface area contributed by atoms with Crippen molar-refractivity contribution in [2.24, 2.45) is 0 Å². The van der Waals surface area contributed by atoms with Crippen LogP contribution in [0, 0.1) is 0 Å². The highest BCUT2D eigenvalue weighted by molar-refractivity contribution is 5.89. The number of nitrogens with zero attached hydrogens (tertiary/aromatic N) is 1. The second-order valence-corrected chi connectivity index (χ2v) is 7.70. The molecular weight excluding hydrogens is 286 g/mol. The van der Waals surface area contributed by atoms with E-state index < -0.39 is 5.60 Å². The first-order valence-electron chi connectivity index (χ1n) is 8.91. The molecule has 0 amide bonds. The predicted octanol–water partition coefficient (Wildman–Crippen LogP) is 5.68. The minimum Gasteiger partial charge on any atom is -0.456 e. The van der Waals surface area contributed by atoms with Gasteiger partial charge in [-0.1, -0.05) is 46.5 Å². The molecule has 1 atom stereocenters. The Labute approximate surface area is 141 Å². The third-order valence-electron chi connectivity index (χ3n) is 4.15. The number of unbranched alkanes of at least 4 members (excludes halogenated alkanes) is 2. The predicted molar refractivity (Wildman–Crippen MR) is 95.8 cm³/mol. The first-order valence-corrected chi connectivity index (χ1v) is 8.91. The number of aromatic nitrogens is 1. The van der Waals surface area contributed by atoms with Crippen LogP contribution >= 0.6 is 0 Å². The maximum absolute atomic E-state index is 12.3. The number of carbonyl (C=O) groups excluding carboxylic acids is 1. The van der Waals surface area contributed by atoms with Gasteiger partial charge in [0.2, 0.25) is 0 Å². The molecule has 0 bridgehead atoms. The van der Waals surface area contributed by atoms with Crippen LogP contribution in [0.1, 0.15) is 96.1 Å². The molecule has 0 saturated heterocycles. The fourth-order valence-corrected chi connectivity index (χ4v) is 2.92. The van der Waals surface area contributed by atoms with E-state index in [-0.39, 0.29) is 11.4 Å². The monoisotopic (exact) mass is 319 g/mol. The van der Waals surface area contributed by atoms with E-state index in [1.54, 1.807) is 12.3 Å². The summed E-state index contributed by atoms with van der Waals surface area (Å²) in [6.45, 7) is 12.4. The van der Waals surface area contributed by atoms with Crippen molar-refractivity contribution in [2.75, 3.05) is 0 Å². The van der Waals surface area contributed by atoms with Gasteiger partial charge < -0.3 is 4.74 Å². The lowest BCUT2D eigenvalue weighted by Gasteiger charge is -2.29. The van der Waals surface area contributed by atoms with Crippen LogP contribution < -0.4 is 0 Å². The van der Waals surface area contributed by atoms with Gasteiger partial charge in [-0.3, -0.25) is 4.98 Å². The first-order chi connectivity index (χ1) is 10.7. The lowest BCUT2D eigenvalue weighted by molar-refractivity contribution is 0.00691. The molecule has 1 aromatic rings. The molecule has 3 heteroatoms. The van der Waals surface area contributed by atoms with E-state index in [4.69, 9.17) is 4.74 Å². The molecular formula is C20H33NO2. The highest BCUT2D eigenvalue weighted by Gasteiger charge is 2.28. The Balaban J connectivity index is 3.00. The van der Waals surface area contributed by atoms with Crippen molar-refractivity contribution in [1.29, 1.82) is 0 Å². The maximum Gasteiger partial charge on any atom is 0.338 e. The lowest BCUT2D eigenvalue weighted by atomic mass is 9.77. The summed E-state index contributed by atoms with van der Waals surface area (Å²) in [6.07, 6.45) is 8.70. The van der Waals surface area contributed by atoms with Crippen LogP contribution in [0.25, 0.3) is 0 Å². The van der Waals surface area contributed by atoms with Gasteiger partial charge in [0.05, 0.1) is 5.56 Å². The number of ether oxygens (including phenoxy) is 1. The van der Waals surface area contributed by atoms with Crippen LogP contribution in [-0.2, 0) is 10.2 Å². The van der Waals surface area contributed by atoms with Gasteiger partial charge in [-0.15, -0.1) is 0 Å². The molecule has 130 valence electrons. The zero-order chi connectivity index (χ0) is 17.5. The summed E-state index contributed by atoms with van der Waals surface area (Å²) in [5.41, 5.74) is 1.16. The summed E-state index contributed by atoms with van der Waals surface area (Å²) >= 11 is 0. The Kier molecular flexibility index (Phi) is 7.24. The molecule has 1 aromatic heterocycles. The Morgan fingerprint density at radius 3 is 2.35 bits per heavy atom. The van der Waals surface area contributed by atoms with Crippen molar-refractivity contribution in [1.82, 2.24) is 4.98 Å². The summed E-state index contributed by atoms with van der Waals surface area (Å²) in [7, 11) is 0. The zero-order valence-electron chi connectivity index (χ0n) is 15.7. The van der Waals surface area contributed by atoms with Gasteiger partial charge >= 0.3 is 5.97 Å². The van der Waals surface area contributed by atoms with Gasteiger partial charge in [-0.2, -0.15) is 0 Å². The van der Waals surface area contributed by atoms with Gasteiger partial charge in [-0.05, 0) is 45.7 Å². The van der Waals surface area contributed by atoms with Crippen LogP contribution in [0.2, 0.25) is 0 Å². The van der Waals surface area contributed by atoms with E-state index in [0.717, 1.165) is 25.0 Å². The summed E-state index contributed by atoms with van der Waals surface area (Å²) < 4.78 is 5.48. The molecule has 0 aliphatic carbocycles. The number of carbonyl (C=O) groups is 1. The average Bonchev–Trinajstić information content (AvgIpc) is 2.46. The van der Waals surface area contributed by atoms with Crippen molar-refractivity contribution < 1.29 is 9.53 Å². The topological polar surface area (TPSA) is 39.2 Å². The third kappa shape index (κ3) is 6.32. The van der Waals surface area contributed by atoms with Crippen molar-refractivity contribution in [3.8, 4) is 0 Å². The Morgan fingerprint density at radius 1 is 1.09 bits per heavy atom. The molecule has 0 radical (unpaired) electrons. The number of hydrogen-bond acceptors (Lipinski definition) is 3. The summed E-state index contributed by atoms with van der Waals surface area (Å²) in [4.78, 5) is 16.9. The molecule has 0 fully saturated rings. The fraction of sp³-hybridized carbons (Fsp3) is 0.700. The quantitative estimate of drug-likeness (QED) is 0.457. The van der Waals surface area contributed by atoms with E-state index in [1.165, 1.54) is 19.3 Å². The standard InChI is InChI=1S/C20H33NO2/c1-7-9-10-13-20(6,12-8-2)17-15-16(11-14-21-17)18(22)23-19(3,4)5/h11,14-15H,7-10,12-13H2,1-6H3. The van der Waals surface area contributed by atoms with Crippen LogP contribution in [0.3, 0.4) is 0 Å². The number of pyridine rings is 1. The van der Waals surface area contributed by atoms with E-state index in [1.807, 2.05) is 26.8 Å². The smallest absolute Gasteiger partial charge is 0.338 e. The molecule has 0 aliphatic rings. The number of esters is 1. The average molecular weight is 319 g/mol. The van der Waals surface area contributed by atoms with E-state index in [2.05, 4.69) is 25.8 Å². The molecule has 1 rings (SSSR count). The lowest BCUT2D eigenvalue weighted by Crippen LogP contribution is -2.26. The Bertz CT molecular complexity index is 505. The second kappa shape index (κ2) is 8.47. The van der Waals surface area contributed by atoms with Gasteiger partial charge in [-0.25, -0.2) is 4.79 Å². The Hall–Kier alpha value is -1.38. The molecule has 0 N–H and O–H groups in total. The summed E-state index contributed by atoms with van der Waals surface area (Å²) in [5.74, 6) is -0.270. The molecule has 1 heterocycles. The molecule has 0 saturated carbocycles. The number of rotatable bonds is 8. The molecule has 3 nitrogen and oxygen atoms in total. The molecule has 0 spiro atoms. The van der Waals surface area contributed by atoms with E-state index >= 15 is 0 Å². The first kappa shape index (κ1) is 19.7. The molecule has 1 unspecified atom stereocenters. The summed E-state index contributed by atoms with van der Waals surface area (Å²) in [6, 6.07) is 3.67. The second-order valence-electron chi connectivity index (χ2n) is 7.70. The van der Waals surface area contributed by atoms with Crippen LogP contribution in [0.5, 0.6) is 0 Å². The minimum absolute atomic E-state index is 0.0297. The SMILES string of the molecule is CCCCCC(C)(CCC)c1cc(C(=O)OC(C)(C)C)ccn1. The maximum atomic E-state index is 12.3. The summed E-state index contributed by atoms with van der Waals surface area (Å²) in [5, 5.41) is 0. The van der Waals surface area contributed by atoms with Crippen LogP contribution in [0.15, 0.2) is 18.3 Å². The molecule has 23 heavy (non-hydrogen) atoms.